The van der Waals surface area contributed by atoms with Gasteiger partial charge in [-0.1, -0.05) is 12.1 Å². The summed E-state index contributed by atoms with van der Waals surface area (Å²) >= 11 is 0. The maximum absolute atomic E-state index is 8.97. The molecule has 1 N–H and O–H groups in total. The van der Waals surface area contributed by atoms with E-state index in [1.807, 2.05) is 6.07 Å². The molecule has 1 aromatic rings. The molecule has 0 unspecified atom stereocenters. The van der Waals surface area contributed by atoms with Gasteiger partial charge in [-0.25, -0.2) is 0 Å². The fourth-order valence-electron chi connectivity index (χ4n) is 0.895. The average molecular weight is 177 g/mol. The van der Waals surface area contributed by atoms with Gasteiger partial charge in [-0.3, -0.25) is 0 Å². The summed E-state index contributed by atoms with van der Waals surface area (Å²) in [7, 11) is 0. The van der Waals surface area contributed by atoms with Gasteiger partial charge in [0.2, 0.25) is 0 Å². The predicted molar refractivity (Wildman–Crippen MR) is 48.3 cm³/mol. The summed E-state index contributed by atoms with van der Waals surface area (Å²) in [6.45, 7) is 1.84. The summed E-state index contributed by atoms with van der Waals surface area (Å²) in [6, 6.07) is 8.96. The van der Waals surface area contributed by atoms with Crippen molar-refractivity contribution in [1.29, 1.82) is 5.26 Å². The number of nitrogens with zero attached hydrogens (tertiary/aromatic N) is 1. The van der Waals surface area contributed by atoms with Crippen LogP contribution in [0, 0.1) is 11.3 Å². The highest BCUT2D eigenvalue weighted by Gasteiger charge is 2.02. The molecule has 3 nitrogen and oxygen atoms in total. The fourth-order valence-corrected chi connectivity index (χ4v) is 0.895. The fraction of sp³-hybridized carbons (Fsp3) is 0.300. The van der Waals surface area contributed by atoms with Crippen LogP contribution in [0.2, 0.25) is 0 Å². The van der Waals surface area contributed by atoms with Gasteiger partial charge in [-0.05, 0) is 19.1 Å². The molecule has 3 heteroatoms. The number of para-hydroxylation sites is 1. The monoisotopic (exact) mass is 177 g/mol. The van der Waals surface area contributed by atoms with Crippen LogP contribution in [-0.2, 0) is 0 Å². The van der Waals surface area contributed by atoms with Crippen molar-refractivity contribution >= 4 is 0 Å². The predicted octanol–water partition coefficient (Wildman–Crippen LogP) is 1.32. The van der Waals surface area contributed by atoms with Crippen molar-refractivity contribution in [2.75, 3.05) is 6.61 Å². The second kappa shape index (κ2) is 4.48. The molecular weight excluding hydrogens is 166 g/mol. The first-order valence-corrected chi connectivity index (χ1v) is 4.04. The Labute approximate surface area is 77.2 Å². The van der Waals surface area contributed by atoms with Crippen LogP contribution >= 0.6 is 0 Å². The SMILES string of the molecule is C[C@@H](O)COc1ccccc1C#N. The molecule has 0 aliphatic carbocycles. The average Bonchev–Trinajstić information content (AvgIpc) is 2.15. The highest BCUT2D eigenvalue weighted by Crippen LogP contribution is 2.16. The third-order valence-electron chi connectivity index (χ3n) is 1.49. The van der Waals surface area contributed by atoms with Crippen LogP contribution in [0.3, 0.4) is 0 Å². The van der Waals surface area contributed by atoms with Gasteiger partial charge < -0.3 is 9.84 Å². The van der Waals surface area contributed by atoms with Gasteiger partial charge in [0.15, 0.2) is 0 Å². The Kier molecular flexibility index (Phi) is 3.30. The van der Waals surface area contributed by atoms with Crippen LogP contribution in [0.1, 0.15) is 12.5 Å². The topological polar surface area (TPSA) is 53.2 Å². The molecule has 68 valence electrons. The Hall–Kier alpha value is -1.53. The summed E-state index contributed by atoms with van der Waals surface area (Å²) in [5, 5.41) is 17.7. The number of hydrogen-bond donors (Lipinski definition) is 1. The van der Waals surface area contributed by atoms with Crippen molar-refractivity contribution in [2.45, 2.75) is 13.0 Å². The van der Waals surface area contributed by atoms with E-state index in [4.69, 9.17) is 15.1 Å². The van der Waals surface area contributed by atoms with E-state index in [1.165, 1.54) is 0 Å². The van der Waals surface area contributed by atoms with Crippen molar-refractivity contribution in [3.8, 4) is 11.8 Å². The van der Waals surface area contributed by atoms with E-state index < -0.39 is 6.10 Å². The van der Waals surface area contributed by atoms with Crippen molar-refractivity contribution < 1.29 is 9.84 Å². The van der Waals surface area contributed by atoms with Crippen LogP contribution < -0.4 is 4.74 Å². The summed E-state index contributed by atoms with van der Waals surface area (Å²) in [6.07, 6.45) is -0.522. The minimum atomic E-state index is -0.522. The van der Waals surface area contributed by atoms with Gasteiger partial charge in [0.25, 0.3) is 0 Å². The molecule has 0 fully saturated rings. The molecule has 0 aliphatic rings. The zero-order valence-corrected chi connectivity index (χ0v) is 7.40. The second-order valence-electron chi connectivity index (χ2n) is 2.77. The molecule has 1 aromatic carbocycles. The van der Waals surface area contributed by atoms with Gasteiger partial charge >= 0.3 is 0 Å². The summed E-state index contributed by atoms with van der Waals surface area (Å²) in [5.41, 5.74) is 0.489. The smallest absolute Gasteiger partial charge is 0.137 e. The number of aliphatic hydroxyl groups excluding tert-OH is 1. The summed E-state index contributed by atoms with van der Waals surface area (Å²) < 4.78 is 5.22. The molecule has 0 aliphatic heterocycles. The number of hydrogen-bond acceptors (Lipinski definition) is 3. The minimum absolute atomic E-state index is 0.207. The van der Waals surface area contributed by atoms with Gasteiger partial charge in [-0.2, -0.15) is 5.26 Å². The van der Waals surface area contributed by atoms with Crippen LogP contribution in [0.4, 0.5) is 0 Å². The molecular formula is C10H11NO2. The molecule has 1 rings (SSSR count). The maximum atomic E-state index is 8.97. The van der Waals surface area contributed by atoms with E-state index in [0.29, 0.717) is 11.3 Å². The molecule has 1 atom stereocenters. The van der Waals surface area contributed by atoms with Gasteiger partial charge in [0.05, 0.1) is 11.7 Å². The van der Waals surface area contributed by atoms with E-state index in [-0.39, 0.29) is 6.61 Å². The van der Waals surface area contributed by atoms with Crippen LogP contribution in [-0.4, -0.2) is 17.8 Å². The molecule has 0 radical (unpaired) electrons. The molecule has 0 aromatic heterocycles. The minimum Gasteiger partial charge on any atom is -0.490 e. The lowest BCUT2D eigenvalue weighted by atomic mass is 10.2. The highest BCUT2D eigenvalue weighted by molar-refractivity contribution is 5.42. The maximum Gasteiger partial charge on any atom is 0.137 e. The number of nitriles is 1. The van der Waals surface area contributed by atoms with Gasteiger partial charge in [0, 0.05) is 0 Å². The summed E-state index contributed by atoms with van der Waals surface area (Å²) in [4.78, 5) is 0. The molecule has 0 saturated carbocycles. The Balaban J connectivity index is 2.71. The quantitative estimate of drug-likeness (QED) is 0.757. The van der Waals surface area contributed by atoms with E-state index >= 15 is 0 Å². The third-order valence-corrected chi connectivity index (χ3v) is 1.49. The molecule has 0 saturated heterocycles. The Morgan fingerprint density at radius 2 is 2.23 bits per heavy atom. The Morgan fingerprint density at radius 3 is 2.85 bits per heavy atom. The van der Waals surface area contributed by atoms with Crippen LogP contribution in [0.5, 0.6) is 5.75 Å². The number of benzene rings is 1. The number of aliphatic hydroxyl groups is 1. The zero-order valence-electron chi connectivity index (χ0n) is 7.40. The molecule has 0 amide bonds. The van der Waals surface area contributed by atoms with Crippen molar-refractivity contribution in [2.24, 2.45) is 0 Å². The first kappa shape index (κ1) is 9.56. The molecule has 13 heavy (non-hydrogen) atoms. The summed E-state index contributed by atoms with van der Waals surface area (Å²) in [5.74, 6) is 0.519. The number of rotatable bonds is 3. The van der Waals surface area contributed by atoms with Gasteiger partial charge in [-0.15, -0.1) is 0 Å². The highest BCUT2D eigenvalue weighted by atomic mass is 16.5. The van der Waals surface area contributed by atoms with E-state index in [0.717, 1.165) is 0 Å². The van der Waals surface area contributed by atoms with Crippen molar-refractivity contribution in [3.63, 3.8) is 0 Å². The first-order valence-electron chi connectivity index (χ1n) is 4.04. The second-order valence-corrected chi connectivity index (χ2v) is 2.77. The largest absolute Gasteiger partial charge is 0.490 e. The van der Waals surface area contributed by atoms with Gasteiger partial charge in [0.1, 0.15) is 18.4 Å². The Bertz CT molecular complexity index is 315. The van der Waals surface area contributed by atoms with Crippen LogP contribution in [0.25, 0.3) is 0 Å². The lowest BCUT2D eigenvalue weighted by Crippen LogP contribution is -2.13. The Morgan fingerprint density at radius 1 is 1.54 bits per heavy atom. The van der Waals surface area contributed by atoms with E-state index in [1.54, 1.807) is 31.2 Å². The van der Waals surface area contributed by atoms with Crippen LogP contribution in [0.15, 0.2) is 24.3 Å². The molecule has 0 bridgehead atoms. The number of ether oxygens (including phenoxy) is 1. The van der Waals surface area contributed by atoms with Crippen molar-refractivity contribution in [1.82, 2.24) is 0 Å². The standard InChI is InChI=1S/C10H11NO2/c1-8(12)7-13-10-5-3-2-4-9(10)6-11/h2-5,8,12H,7H2,1H3/t8-/m1/s1. The van der Waals surface area contributed by atoms with E-state index in [9.17, 15) is 0 Å². The molecule has 0 spiro atoms. The lowest BCUT2D eigenvalue weighted by Gasteiger charge is -2.08. The van der Waals surface area contributed by atoms with E-state index in [2.05, 4.69) is 0 Å². The third kappa shape index (κ3) is 2.77. The first-order chi connectivity index (χ1) is 6.24. The normalized spacial score (nSPS) is 11.8. The van der Waals surface area contributed by atoms with Crippen molar-refractivity contribution in [3.05, 3.63) is 29.8 Å². The lowest BCUT2D eigenvalue weighted by molar-refractivity contribution is 0.122. The zero-order chi connectivity index (χ0) is 9.68. The molecule has 0 heterocycles.